The number of carbonyl (C=O) groups excluding carboxylic acids is 1. The fraction of sp³-hybridized carbons (Fsp3) is 0.273. The molecule has 0 atom stereocenters. The van der Waals surface area contributed by atoms with Gasteiger partial charge >= 0.3 is 0 Å². The second kappa shape index (κ2) is 4.81. The van der Waals surface area contributed by atoms with Crippen molar-refractivity contribution in [2.45, 2.75) is 13.5 Å². The largest absolute Gasteiger partial charge is 0.362 e. The summed E-state index contributed by atoms with van der Waals surface area (Å²) < 4.78 is 0. The van der Waals surface area contributed by atoms with Crippen LogP contribution in [0.3, 0.4) is 0 Å². The Kier molecular flexibility index (Phi) is 3.00. The minimum atomic E-state index is -0.102. The molecule has 2 aromatic rings. The van der Waals surface area contributed by atoms with Crippen molar-refractivity contribution in [1.82, 2.24) is 15.0 Å². The van der Waals surface area contributed by atoms with E-state index in [1.54, 1.807) is 11.3 Å². The van der Waals surface area contributed by atoms with Crippen molar-refractivity contribution < 1.29 is 4.79 Å². The summed E-state index contributed by atoms with van der Waals surface area (Å²) in [6, 6.07) is 0. The lowest BCUT2D eigenvalue weighted by Crippen LogP contribution is -2.29. The first kappa shape index (κ1) is 11.8. The summed E-state index contributed by atoms with van der Waals surface area (Å²) in [7, 11) is 0. The molecular formula is C11H12N6OS. The Labute approximate surface area is 113 Å². The van der Waals surface area contributed by atoms with Gasteiger partial charge in [-0.3, -0.25) is 4.79 Å². The average Bonchev–Trinajstić information content (AvgIpc) is 2.82. The standard InChI is InChI=1S/C11H12N6OS/c1-6-16-7(4-19-6)2-12-10-9-11(15-5-14-10)13-3-8(18)17-9/h4-5H,2-3H2,1H3,(H,17,18)(H2,12,13,14,15). The molecular weight excluding hydrogens is 264 g/mol. The molecule has 3 rings (SSSR count). The minimum Gasteiger partial charge on any atom is -0.362 e. The molecule has 0 aromatic carbocycles. The Morgan fingerprint density at radius 1 is 1.47 bits per heavy atom. The van der Waals surface area contributed by atoms with E-state index in [9.17, 15) is 4.79 Å². The van der Waals surface area contributed by atoms with Crippen LogP contribution >= 0.6 is 11.3 Å². The van der Waals surface area contributed by atoms with Crippen LogP contribution in [0.2, 0.25) is 0 Å². The molecule has 0 fully saturated rings. The van der Waals surface area contributed by atoms with Gasteiger partial charge in [-0.25, -0.2) is 15.0 Å². The maximum atomic E-state index is 11.4. The highest BCUT2D eigenvalue weighted by Gasteiger charge is 2.19. The summed E-state index contributed by atoms with van der Waals surface area (Å²) in [5.74, 6) is 1.12. The van der Waals surface area contributed by atoms with E-state index < -0.39 is 0 Å². The summed E-state index contributed by atoms with van der Waals surface area (Å²) in [5.41, 5.74) is 1.54. The Morgan fingerprint density at radius 2 is 2.37 bits per heavy atom. The summed E-state index contributed by atoms with van der Waals surface area (Å²) in [4.78, 5) is 24.0. The topological polar surface area (TPSA) is 91.8 Å². The van der Waals surface area contributed by atoms with Crippen LogP contribution in [-0.4, -0.2) is 27.4 Å². The lowest BCUT2D eigenvalue weighted by atomic mass is 10.3. The molecule has 19 heavy (non-hydrogen) atoms. The summed E-state index contributed by atoms with van der Waals surface area (Å²) in [5, 5.41) is 11.9. The van der Waals surface area contributed by atoms with Crippen molar-refractivity contribution in [1.29, 1.82) is 0 Å². The third kappa shape index (κ3) is 2.48. The van der Waals surface area contributed by atoms with Crippen molar-refractivity contribution in [3.05, 3.63) is 22.4 Å². The van der Waals surface area contributed by atoms with Gasteiger partial charge in [-0.15, -0.1) is 11.3 Å². The molecule has 98 valence electrons. The van der Waals surface area contributed by atoms with Crippen molar-refractivity contribution >= 4 is 34.6 Å². The highest BCUT2D eigenvalue weighted by atomic mass is 32.1. The lowest BCUT2D eigenvalue weighted by Gasteiger charge is -2.19. The number of aromatic nitrogens is 3. The van der Waals surface area contributed by atoms with Gasteiger partial charge in [0.25, 0.3) is 0 Å². The van der Waals surface area contributed by atoms with Crippen LogP contribution in [0.4, 0.5) is 17.3 Å². The molecule has 1 aliphatic rings. The number of nitrogens with one attached hydrogen (secondary N) is 3. The highest BCUT2D eigenvalue weighted by Crippen LogP contribution is 2.28. The van der Waals surface area contributed by atoms with E-state index in [0.717, 1.165) is 10.7 Å². The molecule has 7 nitrogen and oxygen atoms in total. The molecule has 3 heterocycles. The first-order chi connectivity index (χ1) is 9.22. The SMILES string of the molecule is Cc1nc(CNc2ncnc3c2NC(=O)CN3)cs1. The van der Waals surface area contributed by atoms with Gasteiger partial charge in [-0.1, -0.05) is 0 Å². The zero-order valence-electron chi connectivity index (χ0n) is 10.2. The zero-order valence-corrected chi connectivity index (χ0v) is 11.0. The van der Waals surface area contributed by atoms with Gasteiger partial charge in [0.15, 0.2) is 11.6 Å². The summed E-state index contributed by atoms with van der Waals surface area (Å²) >= 11 is 1.60. The van der Waals surface area contributed by atoms with Crippen molar-refractivity contribution in [3.63, 3.8) is 0 Å². The van der Waals surface area contributed by atoms with Gasteiger partial charge in [-0.2, -0.15) is 0 Å². The van der Waals surface area contributed by atoms with E-state index in [2.05, 4.69) is 30.9 Å². The number of anilines is 3. The van der Waals surface area contributed by atoms with Gasteiger partial charge < -0.3 is 16.0 Å². The second-order valence-electron chi connectivity index (χ2n) is 4.06. The molecule has 3 N–H and O–H groups in total. The van der Waals surface area contributed by atoms with Crippen molar-refractivity contribution in [2.75, 3.05) is 22.5 Å². The maximum Gasteiger partial charge on any atom is 0.243 e. The van der Waals surface area contributed by atoms with E-state index in [0.29, 0.717) is 23.9 Å². The molecule has 0 bridgehead atoms. The Balaban J connectivity index is 1.79. The van der Waals surface area contributed by atoms with Gasteiger partial charge in [0.05, 0.1) is 23.8 Å². The number of aryl methyl sites for hydroxylation is 1. The minimum absolute atomic E-state index is 0.102. The summed E-state index contributed by atoms with van der Waals surface area (Å²) in [6.45, 7) is 2.75. The van der Waals surface area contributed by atoms with Gasteiger partial charge in [0, 0.05) is 5.38 Å². The molecule has 2 aromatic heterocycles. The number of thiazole rings is 1. The first-order valence-corrected chi connectivity index (χ1v) is 6.64. The van der Waals surface area contributed by atoms with E-state index in [1.165, 1.54) is 6.33 Å². The molecule has 1 aliphatic heterocycles. The maximum absolute atomic E-state index is 11.4. The van der Waals surface area contributed by atoms with Crippen LogP contribution in [0.5, 0.6) is 0 Å². The molecule has 0 spiro atoms. The van der Waals surface area contributed by atoms with Crippen molar-refractivity contribution in [2.24, 2.45) is 0 Å². The fourth-order valence-electron chi connectivity index (χ4n) is 1.78. The smallest absolute Gasteiger partial charge is 0.243 e. The number of hydrogen-bond acceptors (Lipinski definition) is 7. The normalized spacial score (nSPS) is 13.4. The molecule has 1 amide bonds. The quantitative estimate of drug-likeness (QED) is 0.780. The molecule has 0 aliphatic carbocycles. The van der Waals surface area contributed by atoms with Crippen LogP contribution in [0.25, 0.3) is 0 Å². The van der Waals surface area contributed by atoms with E-state index in [-0.39, 0.29) is 12.5 Å². The van der Waals surface area contributed by atoms with Gasteiger partial charge in [0.2, 0.25) is 5.91 Å². The molecule has 0 unspecified atom stereocenters. The zero-order chi connectivity index (χ0) is 13.2. The van der Waals surface area contributed by atoms with Crippen LogP contribution in [0.15, 0.2) is 11.7 Å². The second-order valence-corrected chi connectivity index (χ2v) is 5.12. The lowest BCUT2D eigenvalue weighted by molar-refractivity contribution is -0.114. The van der Waals surface area contributed by atoms with Gasteiger partial charge in [0.1, 0.15) is 12.0 Å². The monoisotopic (exact) mass is 276 g/mol. The van der Waals surface area contributed by atoms with E-state index in [4.69, 9.17) is 0 Å². The summed E-state index contributed by atoms with van der Waals surface area (Å²) in [6.07, 6.45) is 1.46. The molecule has 8 heteroatoms. The van der Waals surface area contributed by atoms with Crippen LogP contribution < -0.4 is 16.0 Å². The molecule has 0 saturated heterocycles. The van der Waals surface area contributed by atoms with Crippen LogP contribution in [0, 0.1) is 6.92 Å². The highest BCUT2D eigenvalue weighted by molar-refractivity contribution is 7.09. The number of fused-ring (bicyclic) bond motifs is 1. The third-order valence-corrected chi connectivity index (χ3v) is 3.45. The van der Waals surface area contributed by atoms with Crippen molar-refractivity contribution in [3.8, 4) is 0 Å². The van der Waals surface area contributed by atoms with Crippen LogP contribution in [0.1, 0.15) is 10.7 Å². The van der Waals surface area contributed by atoms with Gasteiger partial charge in [-0.05, 0) is 6.92 Å². The Morgan fingerprint density at radius 3 is 3.16 bits per heavy atom. The van der Waals surface area contributed by atoms with Crippen LogP contribution in [-0.2, 0) is 11.3 Å². The number of rotatable bonds is 3. The predicted octanol–water partition coefficient (Wildman–Crippen LogP) is 1.22. The molecule has 0 saturated carbocycles. The Hall–Kier alpha value is -2.22. The first-order valence-electron chi connectivity index (χ1n) is 5.76. The Bertz CT molecular complexity index is 625. The number of hydrogen-bond donors (Lipinski definition) is 3. The fourth-order valence-corrected chi connectivity index (χ4v) is 2.40. The number of nitrogens with zero attached hydrogens (tertiary/aromatic N) is 3. The average molecular weight is 276 g/mol. The number of carbonyl (C=O) groups is 1. The predicted molar refractivity (Wildman–Crippen MR) is 73.3 cm³/mol. The molecule has 0 radical (unpaired) electrons. The number of amides is 1. The third-order valence-electron chi connectivity index (χ3n) is 2.63. The van der Waals surface area contributed by atoms with E-state index >= 15 is 0 Å². The van der Waals surface area contributed by atoms with E-state index in [1.807, 2.05) is 12.3 Å².